The Labute approximate surface area is 140 Å². The number of nitrogens with one attached hydrogen (secondary N) is 1. The molecule has 3 fully saturated rings. The largest absolute Gasteiger partial charge is 0.412 e. The van der Waals surface area contributed by atoms with Crippen LogP contribution in [0.4, 0.5) is 4.79 Å². The minimum atomic E-state index is -0.332. The van der Waals surface area contributed by atoms with Crippen molar-refractivity contribution in [3.63, 3.8) is 0 Å². The highest BCUT2D eigenvalue weighted by Gasteiger charge is 2.35. The maximum atomic E-state index is 12.2. The molecule has 3 aliphatic heterocycles. The highest BCUT2D eigenvalue weighted by atomic mass is 32.1. The van der Waals surface area contributed by atoms with Crippen molar-refractivity contribution >= 4 is 17.4 Å². The fourth-order valence-electron chi connectivity index (χ4n) is 3.54. The van der Waals surface area contributed by atoms with Crippen LogP contribution in [0.1, 0.15) is 12.8 Å². The van der Waals surface area contributed by atoms with Crippen molar-refractivity contribution in [1.82, 2.24) is 10.2 Å². The number of hydrogen-bond acceptors (Lipinski definition) is 4. The third kappa shape index (κ3) is 3.26. The number of piperidine rings is 3. The molecule has 3 saturated heterocycles. The summed E-state index contributed by atoms with van der Waals surface area (Å²) in [6.07, 6.45) is 2.03. The molecule has 4 heterocycles. The second-order valence-corrected chi connectivity index (χ2v) is 7.20. The van der Waals surface area contributed by atoms with E-state index in [2.05, 4.69) is 22.3 Å². The van der Waals surface area contributed by atoms with Gasteiger partial charge in [0.1, 0.15) is 5.75 Å². The number of rotatable bonds is 3. The first-order chi connectivity index (χ1) is 11.3. The van der Waals surface area contributed by atoms with Crippen molar-refractivity contribution in [1.29, 1.82) is 0 Å². The number of carbonyl (C=O) groups is 1. The SMILES string of the molecule is O=C(NC1CN2CCC1CC2)Oc1csc(-c2ccccc2)c1. The van der Waals surface area contributed by atoms with E-state index in [1.807, 2.05) is 29.6 Å². The topological polar surface area (TPSA) is 41.6 Å². The van der Waals surface area contributed by atoms with Gasteiger partial charge in [-0.05, 0) is 43.5 Å². The number of carbonyl (C=O) groups excluding carboxylic acids is 1. The van der Waals surface area contributed by atoms with Crippen LogP contribution in [0, 0.1) is 5.92 Å². The first-order valence-corrected chi connectivity index (χ1v) is 9.00. The summed E-state index contributed by atoms with van der Waals surface area (Å²) >= 11 is 1.59. The average molecular weight is 328 g/mol. The molecule has 1 unspecified atom stereocenters. The molecule has 5 heteroatoms. The molecule has 0 radical (unpaired) electrons. The Morgan fingerprint density at radius 3 is 2.70 bits per heavy atom. The highest BCUT2D eigenvalue weighted by Crippen LogP contribution is 2.31. The molecule has 0 spiro atoms. The lowest BCUT2D eigenvalue weighted by Gasteiger charge is -2.44. The number of thiophene rings is 1. The van der Waals surface area contributed by atoms with Gasteiger partial charge in [-0.1, -0.05) is 30.3 Å². The molecule has 3 aliphatic rings. The van der Waals surface area contributed by atoms with Crippen molar-refractivity contribution < 1.29 is 9.53 Å². The number of amides is 1. The van der Waals surface area contributed by atoms with E-state index in [0.29, 0.717) is 11.7 Å². The first-order valence-electron chi connectivity index (χ1n) is 8.12. The number of nitrogens with zero attached hydrogens (tertiary/aromatic N) is 1. The predicted octanol–water partition coefficient (Wildman–Crippen LogP) is 3.60. The van der Waals surface area contributed by atoms with Crippen LogP contribution < -0.4 is 10.1 Å². The number of fused-ring (bicyclic) bond motifs is 3. The summed E-state index contributed by atoms with van der Waals surface area (Å²) in [6.45, 7) is 3.30. The Morgan fingerprint density at radius 1 is 1.22 bits per heavy atom. The van der Waals surface area contributed by atoms with E-state index in [1.54, 1.807) is 11.3 Å². The van der Waals surface area contributed by atoms with Gasteiger partial charge in [0.25, 0.3) is 0 Å². The van der Waals surface area contributed by atoms with Gasteiger partial charge in [0.05, 0.1) is 0 Å². The second kappa shape index (κ2) is 6.34. The van der Waals surface area contributed by atoms with Gasteiger partial charge >= 0.3 is 6.09 Å². The third-order valence-electron chi connectivity index (χ3n) is 4.80. The molecule has 23 heavy (non-hydrogen) atoms. The second-order valence-electron chi connectivity index (χ2n) is 6.29. The van der Waals surface area contributed by atoms with Crippen LogP contribution in [0.2, 0.25) is 0 Å². The van der Waals surface area contributed by atoms with Crippen LogP contribution in [0.3, 0.4) is 0 Å². The van der Waals surface area contributed by atoms with Crippen molar-refractivity contribution in [3.8, 4) is 16.2 Å². The van der Waals surface area contributed by atoms with E-state index in [9.17, 15) is 4.79 Å². The smallest absolute Gasteiger partial charge is 0.409 e. The number of ether oxygens (including phenoxy) is 1. The number of benzene rings is 1. The average Bonchev–Trinajstić information content (AvgIpc) is 3.05. The van der Waals surface area contributed by atoms with Gasteiger partial charge in [0.15, 0.2) is 0 Å². The Morgan fingerprint density at radius 2 is 2.00 bits per heavy atom. The quantitative estimate of drug-likeness (QED) is 0.936. The fourth-order valence-corrected chi connectivity index (χ4v) is 4.36. The predicted molar refractivity (Wildman–Crippen MR) is 91.9 cm³/mol. The van der Waals surface area contributed by atoms with Crippen molar-refractivity contribution in [2.24, 2.45) is 5.92 Å². The van der Waals surface area contributed by atoms with Gasteiger partial charge in [-0.3, -0.25) is 0 Å². The molecule has 0 saturated carbocycles. The molecule has 1 aromatic carbocycles. The Hall–Kier alpha value is -1.85. The molecule has 2 aromatic rings. The van der Waals surface area contributed by atoms with Crippen LogP contribution in [0.15, 0.2) is 41.8 Å². The first kappa shape index (κ1) is 14.7. The van der Waals surface area contributed by atoms with E-state index < -0.39 is 0 Å². The van der Waals surface area contributed by atoms with Crippen LogP contribution in [-0.4, -0.2) is 36.7 Å². The van der Waals surface area contributed by atoms with Crippen molar-refractivity contribution in [2.75, 3.05) is 19.6 Å². The summed E-state index contributed by atoms with van der Waals surface area (Å²) in [5.41, 5.74) is 1.14. The maximum Gasteiger partial charge on any atom is 0.412 e. The monoisotopic (exact) mass is 328 g/mol. The molecule has 2 bridgehead atoms. The zero-order valence-corrected chi connectivity index (χ0v) is 13.7. The van der Waals surface area contributed by atoms with Crippen LogP contribution in [0.5, 0.6) is 5.75 Å². The number of hydrogen-bond donors (Lipinski definition) is 1. The normalized spacial score (nSPS) is 26.0. The molecule has 1 atom stereocenters. The van der Waals surface area contributed by atoms with Crippen molar-refractivity contribution in [3.05, 3.63) is 41.8 Å². The molecular weight excluding hydrogens is 308 g/mol. The molecule has 1 aromatic heterocycles. The van der Waals surface area contributed by atoms with E-state index in [0.717, 1.165) is 17.0 Å². The van der Waals surface area contributed by atoms with Gasteiger partial charge in [0, 0.05) is 22.8 Å². The van der Waals surface area contributed by atoms with E-state index in [1.165, 1.54) is 25.9 Å². The molecular formula is C18H20N2O2S. The Bertz CT molecular complexity index is 677. The Balaban J connectivity index is 1.37. The molecule has 120 valence electrons. The van der Waals surface area contributed by atoms with Crippen LogP contribution in [0.25, 0.3) is 10.4 Å². The summed E-state index contributed by atoms with van der Waals surface area (Å²) in [4.78, 5) is 15.7. The summed E-state index contributed by atoms with van der Waals surface area (Å²) in [6, 6.07) is 12.3. The lowest BCUT2D eigenvalue weighted by Crippen LogP contribution is -2.57. The molecule has 4 nitrogen and oxygen atoms in total. The van der Waals surface area contributed by atoms with E-state index in [4.69, 9.17) is 4.74 Å². The standard InChI is InChI=1S/C18H20N2O2S/c21-18(19-16-11-20-8-6-13(16)7-9-20)22-15-10-17(23-12-15)14-4-2-1-3-5-14/h1-5,10,12-13,16H,6-9,11H2,(H,19,21). The minimum absolute atomic E-state index is 0.234. The van der Waals surface area contributed by atoms with E-state index in [-0.39, 0.29) is 12.1 Å². The fraction of sp³-hybridized carbons (Fsp3) is 0.389. The van der Waals surface area contributed by atoms with Crippen LogP contribution >= 0.6 is 11.3 Å². The maximum absolute atomic E-state index is 12.2. The van der Waals surface area contributed by atoms with Gasteiger partial charge in [-0.15, -0.1) is 11.3 Å². The Kier molecular flexibility index (Phi) is 4.06. The third-order valence-corrected chi connectivity index (χ3v) is 5.76. The summed E-state index contributed by atoms with van der Waals surface area (Å²) in [5.74, 6) is 1.22. The van der Waals surface area contributed by atoms with E-state index >= 15 is 0 Å². The summed E-state index contributed by atoms with van der Waals surface area (Å²) in [5, 5.41) is 4.94. The van der Waals surface area contributed by atoms with Gasteiger partial charge in [-0.2, -0.15) is 0 Å². The van der Waals surface area contributed by atoms with Gasteiger partial charge in [-0.25, -0.2) is 4.79 Å². The van der Waals surface area contributed by atoms with Gasteiger partial charge in [0.2, 0.25) is 0 Å². The zero-order chi connectivity index (χ0) is 15.6. The van der Waals surface area contributed by atoms with Gasteiger partial charge < -0.3 is 15.0 Å². The molecule has 0 aliphatic carbocycles. The molecule has 1 N–H and O–H groups in total. The highest BCUT2D eigenvalue weighted by molar-refractivity contribution is 7.13. The lowest BCUT2D eigenvalue weighted by atomic mass is 9.84. The van der Waals surface area contributed by atoms with Crippen LogP contribution in [-0.2, 0) is 0 Å². The van der Waals surface area contributed by atoms with Crippen molar-refractivity contribution in [2.45, 2.75) is 18.9 Å². The summed E-state index contributed by atoms with van der Waals surface area (Å²) < 4.78 is 5.47. The minimum Gasteiger partial charge on any atom is -0.409 e. The zero-order valence-electron chi connectivity index (χ0n) is 12.9. The molecule has 1 amide bonds. The molecule has 5 rings (SSSR count). The lowest BCUT2D eigenvalue weighted by molar-refractivity contribution is 0.0725. The summed E-state index contributed by atoms with van der Waals surface area (Å²) in [7, 11) is 0.